The van der Waals surface area contributed by atoms with E-state index in [-0.39, 0.29) is 6.10 Å². The zero-order chi connectivity index (χ0) is 8.43. The van der Waals surface area contributed by atoms with Crippen molar-refractivity contribution in [2.75, 3.05) is 7.11 Å². The number of rotatable bonds is 1. The van der Waals surface area contributed by atoms with Gasteiger partial charge in [0.1, 0.15) is 6.10 Å². The molecule has 4 nitrogen and oxygen atoms in total. The molecule has 1 fully saturated rings. The fourth-order valence-corrected chi connectivity index (χ4v) is 1.22. The molecule has 1 aliphatic heterocycles. The first kappa shape index (κ1) is 8.93. The predicted octanol–water partition coefficient (Wildman–Crippen LogP) is -0.510. The predicted molar refractivity (Wildman–Crippen MR) is 38.0 cm³/mol. The van der Waals surface area contributed by atoms with Gasteiger partial charge in [0.2, 0.25) is 0 Å². The first-order valence-electron chi connectivity index (χ1n) is 3.69. The summed E-state index contributed by atoms with van der Waals surface area (Å²) < 4.78 is 10.00. The Morgan fingerprint density at radius 3 is 2.64 bits per heavy atom. The van der Waals surface area contributed by atoms with Crippen LogP contribution in [0, 0.1) is 0 Å². The van der Waals surface area contributed by atoms with Crippen molar-refractivity contribution in [2.45, 2.75) is 37.9 Å². The van der Waals surface area contributed by atoms with Gasteiger partial charge in [-0.2, -0.15) is 0 Å². The van der Waals surface area contributed by atoms with Crippen LogP contribution in [0.4, 0.5) is 0 Å². The van der Waals surface area contributed by atoms with Gasteiger partial charge in [0.05, 0.1) is 12.2 Å². The van der Waals surface area contributed by atoms with Gasteiger partial charge < -0.3 is 19.7 Å². The lowest BCUT2D eigenvalue weighted by atomic mass is 10.0. The highest BCUT2D eigenvalue weighted by atomic mass is 16.7. The summed E-state index contributed by atoms with van der Waals surface area (Å²) in [5.74, 6) is 0. The van der Waals surface area contributed by atoms with Crippen LogP contribution < -0.4 is 0 Å². The van der Waals surface area contributed by atoms with Gasteiger partial charge in [-0.1, -0.05) is 0 Å². The number of hydrogen-bond acceptors (Lipinski definition) is 4. The van der Waals surface area contributed by atoms with E-state index in [1.807, 2.05) is 6.92 Å². The second-order valence-corrected chi connectivity index (χ2v) is 2.84. The van der Waals surface area contributed by atoms with E-state index in [0.29, 0.717) is 6.42 Å². The Morgan fingerprint density at radius 1 is 1.45 bits per heavy atom. The van der Waals surface area contributed by atoms with Gasteiger partial charge in [0, 0.05) is 13.5 Å². The van der Waals surface area contributed by atoms with Crippen LogP contribution in [0.1, 0.15) is 13.3 Å². The van der Waals surface area contributed by atoms with E-state index in [2.05, 4.69) is 0 Å². The molecule has 0 aliphatic carbocycles. The summed E-state index contributed by atoms with van der Waals surface area (Å²) in [5, 5.41) is 18.5. The van der Waals surface area contributed by atoms with Gasteiger partial charge >= 0.3 is 0 Å². The Morgan fingerprint density at radius 2 is 2.09 bits per heavy atom. The Kier molecular flexibility index (Phi) is 2.84. The van der Waals surface area contributed by atoms with E-state index in [0.717, 1.165) is 0 Å². The second kappa shape index (κ2) is 3.49. The molecule has 0 amide bonds. The minimum absolute atomic E-state index is 0.0571. The van der Waals surface area contributed by atoms with Crippen LogP contribution in [0.2, 0.25) is 0 Å². The SMILES string of the molecule is CO[C@H]1O[C@H](C)C[C@H](O)[C@@H]1O. The van der Waals surface area contributed by atoms with Crippen LogP contribution in [0.3, 0.4) is 0 Å². The molecule has 0 bridgehead atoms. The third-order valence-electron chi connectivity index (χ3n) is 1.85. The minimum atomic E-state index is -0.920. The molecule has 0 aromatic heterocycles. The zero-order valence-electron chi connectivity index (χ0n) is 6.73. The highest BCUT2D eigenvalue weighted by Crippen LogP contribution is 2.19. The van der Waals surface area contributed by atoms with Crippen LogP contribution in [0.25, 0.3) is 0 Å². The minimum Gasteiger partial charge on any atom is -0.390 e. The van der Waals surface area contributed by atoms with Gasteiger partial charge in [0.25, 0.3) is 0 Å². The third kappa shape index (κ3) is 1.90. The molecule has 1 saturated heterocycles. The summed E-state index contributed by atoms with van der Waals surface area (Å²) in [7, 11) is 1.44. The highest BCUT2D eigenvalue weighted by Gasteiger charge is 2.34. The molecule has 0 spiro atoms. The van der Waals surface area contributed by atoms with Gasteiger partial charge in [-0.05, 0) is 6.92 Å². The number of hydrogen-bond donors (Lipinski definition) is 2. The van der Waals surface area contributed by atoms with E-state index in [1.165, 1.54) is 7.11 Å². The first-order valence-corrected chi connectivity index (χ1v) is 3.69. The average molecular weight is 162 g/mol. The van der Waals surface area contributed by atoms with E-state index < -0.39 is 18.5 Å². The van der Waals surface area contributed by atoms with E-state index in [9.17, 15) is 10.2 Å². The molecule has 11 heavy (non-hydrogen) atoms. The Balaban J connectivity index is 2.51. The second-order valence-electron chi connectivity index (χ2n) is 2.84. The standard InChI is InChI=1S/C7H14O4/c1-4-3-5(8)6(9)7(10-2)11-4/h4-9H,3H2,1-2H3/t4-,5+,6+,7+/m1/s1. The molecule has 0 radical (unpaired) electrons. The molecule has 1 aliphatic rings. The lowest BCUT2D eigenvalue weighted by molar-refractivity contribution is -0.254. The van der Waals surface area contributed by atoms with Gasteiger partial charge in [-0.15, -0.1) is 0 Å². The Hall–Kier alpha value is -0.160. The maximum absolute atomic E-state index is 9.26. The summed E-state index contributed by atoms with van der Waals surface area (Å²) in [4.78, 5) is 0. The summed E-state index contributed by atoms with van der Waals surface area (Å²) in [6.45, 7) is 1.83. The van der Waals surface area contributed by atoms with E-state index in [1.54, 1.807) is 0 Å². The van der Waals surface area contributed by atoms with Crippen molar-refractivity contribution in [2.24, 2.45) is 0 Å². The quantitative estimate of drug-likeness (QED) is 0.545. The summed E-state index contributed by atoms with van der Waals surface area (Å²) in [5.41, 5.74) is 0. The van der Waals surface area contributed by atoms with Crippen molar-refractivity contribution >= 4 is 0 Å². The molecule has 1 rings (SSSR count). The molecule has 2 N–H and O–H groups in total. The summed E-state index contributed by atoms with van der Waals surface area (Å²) in [6, 6.07) is 0. The Bertz CT molecular complexity index is 128. The maximum Gasteiger partial charge on any atom is 0.185 e. The topological polar surface area (TPSA) is 58.9 Å². The number of methoxy groups -OCH3 is 1. The lowest BCUT2D eigenvalue weighted by Crippen LogP contribution is -2.48. The van der Waals surface area contributed by atoms with Crippen molar-refractivity contribution in [3.8, 4) is 0 Å². The molecular formula is C7H14O4. The molecule has 0 aromatic rings. The van der Waals surface area contributed by atoms with Crippen molar-refractivity contribution in [3.63, 3.8) is 0 Å². The average Bonchev–Trinajstić information content (AvgIpc) is 1.96. The number of ether oxygens (including phenoxy) is 2. The van der Waals surface area contributed by atoms with Crippen LogP contribution in [0.5, 0.6) is 0 Å². The van der Waals surface area contributed by atoms with Gasteiger partial charge in [-0.25, -0.2) is 0 Å². The van der Waals surface area contributed by atoms with Gasteiger partial charge in [0.15, 0.2) is 6.29 Å². The van der Waals surface area contributed by atoms with E-state index in [4.69, 9.17) is 9.47 Å². The van der Waals surface area contributed by atoms with Crippen molar-refractivity contribution in [1.82, 2.24) is 0 Å². The first-order chi connectivity index (χ1) is 5.15. The van der Waals surface area contributed by atoms with Crippen molar-refractivity contribution < 1.29 is 19.7 Å². The number of aliphatic hydroxyl groups excluding tert-OH is 2. The zero-order valence-corrected chi connectivity index (χ0v) is 6.73. The normalized spacial score (nSPS) is 45.8. The third-order valence-corrected chi connectivity index (χ3v) is 1.85. The maximum atomic E-state index is 9.26. The van der Waals surface area contributed by atoms with Crippen LogP contribution in [0.15, 0.2) is 0 Å². The molecule has 66 valence electrons. The van der Waals surface area contributed by atoms with Crippen molar-refractivity contribution in [3.05, 3.63) is 0 Å². The monoisotopic (exact) mass is 162 g/mol. The van der Waals surface area contributed by atoms with E-state index >= 15 is 0 Å². The molecule has 4 atom stereocenters. The Labute approximate surface area is 65.7 Å². The number of aliphatic hydroxyl groups is 2. The molecule has 0 saturated carbocycles. The smallest absolute Gasteiger partial charge is 0.185 e. The fourth-order valence-electron chi connectivity index (χ4n) is 1.22. The summed E-state index contributed by atoms with van der Waals surface area (Å²) in [6.07, 6.45) is -1.94. The largest absolute Gasteiger partial charge is 0.390 e. The molecule has 0 aromatic carbocycles. The molecular weight excluding hydrogens is 148 g/mol. The van der Waals surface area contributed by atoms with Gasteiger partial charge in [-0.3, -0.25) is 0 Å². The van der Waals surface area contributed by atoms with Crippen LogP contribution >= 0.6 is 0 Å². The fraction of sp³-hybridized carbons (Fsp3) is 1.00. The van der Waals surface area contributed by atoms with Crippen LogP contribution in [-0.4, -0.2) is 41.9 Å². The highest BCUT2D eigenvalue weighted by molar-refractivity contribution is 4.78. The molecule has 0 unspecified atom stereocenters. The molecule has 1 heterocycles. The summed E-state index contributed by atoms with van der Waals surface area (Å²) >= 11 is 0. The van der Waals surface area contributed by atoms with Crippen molar-refractivity contribution in [1.29, 1.82) is 0 Å². The van der Waals surface area contributed by atoms with Crippen LogP contribution in [-0.2, 0) is 9.47 Å². The molecule has 4 heteroatoms. The lowest BCUT2D eigenvalue weighted by Gasteiger charge is -2.34.